The number of hydrogen-bond acceptors (Lipinski definition) is 5. The second-order valence-corrected chi connectivity index (χ2v) is 4.44. The van der Waals surface area contributed by atoms with Gasteiger partial charge >= 0.3 is 0 Å². The van der Waals surface area contributed by atoms with Gasteiger partial charge in [0.15, 0.2) is 0 Å². The molecule has 7 heteroatoms. The number of ether oxygens (including phenoxy) is 1. The van der Waals surface area contributed by atoms with E-state index in [1.54, 1.807) is 11.3 Å². The van der Waals surface area contributed by atoms with Crippen molar-refractivity contribution in [1.29, 1.82) is 0 Å². The highest BCUT2D eigenvalue weighted by atomic mass is 35.5. The Balaban J connectivity index is 0. The number of likely N-dealkylation sites (N-methyl/N-ethyl adjacent to an activating group) is 1. The molecule has 4 nitrogen and oxygen atoms in total. The van der Waals surface area contributed by atoms with Gasteiger partial charge in [0.2, 0.25) is 0 Å². The molecule has 1 aromatic rings. The molecule has 1 heterocycles. The van der Waals surface area contributed by atoms with Gasteiger partial charge in [-0.15, -0.1) is 36.2 Å². The largest absolute Gasteiger partial charge is 0.379 e. The minimum absolute atomic E-state index is 0. The third-order valence-electron chi connectivity index (χ3n) is 2.14. The Hall–Kier alpha value is 0.0900. The molecule has 2 N–H and O–H groups in total. The Bertz CT molecular complexity index is 286. The molecular weight excluding hydrogens is 281 g/mol. The number of halogens is 2. The summed E-state index contributed by atoms with van der Waals surface area (Å²) in [5.41, 5.74) is 8.36. The van der Waals surface area contributed by atoms with Gasteiger partial charge in [-0.05, 0) is 14.0 Å². The predicted molar refractivity (Wildman–Crippen MR) is 77.6 cm³/mol. The van der Waals surface area contributed by atoms with Crippen LogP contribution in [0.4, 0.5) is 0 Å². The van der Waals surface area contributed by atoms with Crippen LogP contribution in [-0.2, 0) is 11.3 Å². The molecule has 0 aliphatic carbocycles. The predicted octanol–water partition coefficient (Wildman–Crippen LogP) is 1.70. The highest BCUT2D eigenvalue weighted by Crippen LogP contribution is 2.13. The molecule has 17 heavy (non-hydrogen) atoms. The van der Waals surface area contributed by atoms with Crippen molar-refractivity contribution in [2.24, 2.45) is 5.73 Å². The fraction of sp³-hybridized carbons (Fsp3) is 0.700. The SMILES string of the molecule is Cc1ncsc1CN(C)CCOCCN.Cl.Cl. The molecule has 0 spiro atoms. The van der Waals surface area contributed by atoms with Crippen LogP contribution in [0.1, 0.15) is 10.6 Å². The number of nitrogens with two attached hydrogens (primary N) is 1. The van der Waals surface area contributed by atoms with E-state index in [9.17, 15) is 0 Å². The van der Waals surface area contributed by atoms with E-state index in [0.29, 0.717) is 13.2 Å². The number of hydrogen-bond donors (Lipinski definition) is 1. The molecular formula is C10H21Cl2N3OS. The molecule has 0 amide bonds. The van der Waals surface area contributed by atoms with Crippen molar-refractivity contribution in [3.8, 4) is 0 Å². The lowest BCUT2D eigenvalue weighted by molar-refractivity contribution is 0.116. The van der Waals surface area contributed by atoms with E-state index in [0.717, 1.165) is 25.4 Å². The third-order valence-corrected chi connectivity index (χ3v) is 3.06. The molecule has 102 valence electrons. The van der Waals surface area contributed by atoms with Gasteiger partial charge in [-0.3, -0.25) is 4.90 Å². The smallest absolute Gasteiger partial charge is 0.0798 e. The van der Waals surface area contributed by atoms with Crippen LogP contribution >= 0.6 is 36.2 Å². The zero-order chi connectivity index (χ0) is 11.1. The second kappa shape index (κ2) is 11.2. The summed E-state index contributed by atoms with van der Waals surface area (Å²) in [7, 11) is 2.09. The lowest BCUT2D eigenvalue weighted by atomic mass is 10.4. The summed E-state index contributed by atoms with van der Waals surface area (Å²) in [5, 5.41) is 0. The molecule has 1 rings (SSSR count). The van der Waals surface area contributed by atoms with Crippen molar-refractivity contribution in [2.75, 3.05) is 33.4 Å². The lowest BCUT2D eigenvalue weighted by Gasteiger charge is -2.15. The Morgan fingerprint density at radius 3 is 2.65 bits per heavy atom. The molecule has 0 saturated carbocycles. The summed E-state index contributed by atoms with van der Waals surface area (Å²) in [6, 6.07) is 0. The average Bonchev–Trinajstić information content (AvgIpc) is 2.59. The van der Waals surface area contributed by atoms with Crippen LogP contribution in [0.25, 0.3) is 0 Å². The Morgan fingerprint density at radius 1 is 1.41 bits per heavy atom. The molecule has 0 radical (unpaired) electrons. The zero-order valence-electron chi connectivity index (χ0n) is 10.2. The van der Waals surface area contributed by atoms with E-state index in [-0.39, 0.29) is 24.8 Å². The van der Waals surface area contributed by atoms with Crippen LogP contribution in [0.3, 0.4) is 0 Å². The van der Waals surface area contributed by atoms with E-state index in [4.69, 9.17) is 10.5 Å². The highest BCUT2D eigenvalue weighted by Gasteiger charge is 2.04. The fourth-order valence-corrected chi connectivity index (χ4v) is 2.06. The standard InChI is InChI=1S/C10H19N3OS.2ClH/c1-9-10(15-8-12-9)7-13(2)4-6-14-5-3-11;;/h8H,3-7,11H2,1-2H3;2*1H. The van der Waals surface area contributed by atoms with E-state index < -0.39 is 0 Å². The summed E-state index contributed by atoms with van der Waals surface area (Å²) in [6.45, 7) is 5.90. The van der Waals surface area contributed by atoms with Gasteiger partial charge in [0.1, 0.15) is 0 Å². The van der Waals surface area contributed by atoms with Crippen LogP contribution in [0.5, 0.6) is 0 Å². The number of aryl methyl sites for hydroxylation is 1. The molecule has 0 aromatic carbocycles. The minimum Gasteiger partial charge on any atom is -0.379 e. The first-order chi connectivity index (χ1) is 7.24. The number of rotatable bonds is 7. The van der Waals surface area contributed by atoms with Crippen molar-refractivity contribution < 1.29 is 4.74 Å². The maximum Gasteiger partial charge on any atom is 0.0798 e. The summed E-state index contributed by atoms with van der Waals surface area (Å²) in [5.74, 6) is 0. The summed E-state index contributed by atoms with van der Waals surface area (Å²) in [6.07, 6.45) is 0. The van der Waals surface area contributed by atoms with Crippen LogP contribution in [-0.4, -0.2) is 43.2 Å². The van der Waals surface area contributed by atoms with Crippen molar-refractivity contribution in [1.82, 2.24) is 9.88 Å². The van der Waals surface area contributed by atoms with Crippen molar-refractivity contribution >= 4 is 36.2 Å². The molecule has 0 aliphatic heterocycles. The molecule has 1 aromatic heterocycles. The first-order valence-electron chi connectivity index (χ1n) is 5.09. The van der Waals surface area contributed by atoms with Gasteiger partial charge in [-0.2, -0.15) is 0 Å². The van der Waals surface area contributed by atoms with Crippen LogP contribution < -0.4 is 5.73 Å². The van der Waals surface area contributed by atoms with Gasteiger partial charge in [-0.25, -0.2) is 4.98 Å². The van der Waals surface area contributed by atoms with E-state index in [2.05, 4.69) is 16.9 Å². The third kappa shape index (κ3) is 7.91. The van der Waals surface area contributed by atoms with Crippen LogP contribution in [0.2, 0.25) is 0 Å². The maximum atomic E-state index is 5.33. The van der Waals surface area contributed by atoms with E-state index in [1.807, 2.05) is 12.4 Å². The van der Waals surface area contributed by atoms with Crippen molar-refractivity contribution in [3.05, 3.63) is 16.1 Å². The Morgan fingerprint density at radius 2 is 2.12 bits per heavy atom. The molecule has 0 bridgehead atoms. The van der Waals surface area contributed by atoms with E-state index in [1.165, 1.54) is 4.88 Å². The van der Waals surface area contributed by atoms with E-state index >= 15 is 0 Å². The maximum absolute atomic E-state index is 5.33. The normalized spacial score (nSPS) is 9.88. The second-order valence-electron chi connectivity index (χ2n) is 3.50. The van der Waals surface area contributed by atoms with Gasteiger partial charge in [0.25, 0.3) is 0 Å². The van der Waals surface area contributed by atoms with Gasteiger partial charge < -0.3 is 10.5 Å². The summed E-state index contributed by atoms with van der Waals surface area (Å²) < 4.78 is 5.32. The molecule has 0 aliphatic rings. The molecule has 0 saturated heterocycles. The fourth-order valence-electron chi connectivity index (χ4n) is 1.21. The quantitative estimate of drug-likeness (QED) is 0.779. The van der Waals surface area contributed by atoms with Gasteiger partial charge in [-0.1, -0.05) is 0 Å². The molecule has 0 unspecified atom stereocenters. The summed E-state index contributed by atoms with van der Waals surface area (Å²) in [4.78, 5) is 7.79. The zero-order valence-corrected chi connectivity index (χ0v) is 12.7. The van der Waals surface area contributed by atoms with Crippen molar-refractivity contribution in [3.63, 3.8) is 0 Å². The number of aromatic nitrogens is 1. The van der Waals surface area contributed by atoms with Crippen molar-refractivity contribution in [2.45, 2.75) is 13.5 Å². The van der Waals surface area contributed by atoms with Gasteiger partial charge in [0.05, 0.1) is 24.4 Å². The monoisotopic (exact) mass is 301 g/mol. The number of thiazole rings is 1. The Labute approximate surface area is 119 Å². The average molecular weight is 302 g/mol. The van der Waals surface area contributed by atoms with Crippen LogP contribution in [0.15, 0.2) is 5.51 Å². The number of nitrogens with zero attached hydrogens (tertiary/aromatic N) is 2. The first kappa shape index (κ1) is 19.4. The topological polar surface area (TPSA) is 51.4 Å². The van der Waals surface area contributed by atoms with Gasteiger partial charge in [0, 0.05) is 24.5 Å². The Kier molecular flexibility index (Phi) is 12.8. The first-order valence-corrected chi connectivity index (χ1v) is 5.97. The molecule has 0 atom stereocenters. The highest BCUT2D eigenvalue weighted by molar-refractivity contribution is 7.09. The summed E-state index contributed by atoms with van der Waals surface area (Å²) >= 11 is 1.71. The van der Waals surface area contributed by atoms with Crippen LogP contribution in [0, 0.1) is 6.92 Å². The molecule has 0 fully saturated rings. The minimum atomic E-state index is 0. The lowest BCUT2D eigenvalue weighted by Crippen LogP contribution is -2.23.